The fraction of sp³-hybridized carbons (Fsp3) is 0.0909. The lowest BCUT2D eigenvalue weighted by atomic mass is 10.2. The number of rotatable bonds is 2. The van der Waals surface area contributed by atoms with Gasteiger partial charge in [0.15, 0.2) is 5.82 Å². The van der Waals surface area contributed by atoms with Crippen LogP contribution in [0.3, 0.4) is 0 Å². The van der Waals surface area contributed by atoms with Crippen LogP contribution in [0.2, 0.25) is 0 Å². The second kappa shape index (κ2) is 4.51. The van der Waals surface area contributed by atoms with E-state index in [2.05, 4.69) is 25.9 Å². The Morgan fingerprint density at radius 2 is 1.93 bits per heavy atom. The van der Waals surface area contributed by atoms with Crippen molar-refractivity contribution in [1.82, 2.24) is 9.97 Å². The van der Waals surface area contributed by atoms with Crippen molar-refractivity contribution in [3.8, 4) is 11.4 Å². The molecule has 0 radical (unpaired) electrons. The van der Waals surface area contributed by atoms with Gasteiger partial charge in [0.25, 0.3) is 0 Å². The molecule has 2 N–H and O–H groups in total. The maximum absolute atomic E-state index is 5.53. The van der Waals surface area contributed by atoms with Gasteiger partial charge < -0.3 is 5.73 Å². The molecule has 0 atom stereocenters. The van der Waals surface area contributed by atoms with Gasteiger partial charge in [-0.3, -0.25) is 0 Å². The molecule has 0 saturated carbocycles. The quantitative estimate of drug-likeness (QED) is 0.847. The van der Waals surface area contributed by atoms with Crippen molar-refractivity contribution in [1.29, 1.82) is 0 Å². The van der Waals surface area contributed by atoms with E-state index in [1.807, 2.05) is 30.3 Å². The van der Waals surface area contributed by atoms with E-state index in [0.717, 1.165) is 15.7 Å². The Morgan fingerprint density at radius 1 is 1.20 bits per heavy atom. The summed E-state index contributed by atoms with van der Waals surface area (Å²) in [7, 11) is 0. The molecule has 4 heteroatoms. The zero-order valence-electron chi connectivity index (χ0n) is 8.02. The van der Waals surface area contributed by atoms with E-state index in [-0.39, 0.29) is 0 Å². The van der Waals surface area contributed by atoms with Gasteiger partial charge in [0.05, 0.1) is 0 Å². The Kier molecular flexibility index (Phi) is 3.08. The molecule has 0 saturated heterocycles. The van der Waals surface area contributed by atoms with Gasteiger partial charge >= 0.3 is 0 Å². The molecule has 3 nitrogen and oxygen atoms in total. The second-order valence-corrected chi connectivity index (χ2v) is 3.83. The molecular formula is C11H10BrN3. The molecule has 0 unspecified atom stereocenters. The maximum atomic E-state index is 5.53. The first-order valence-corrected chi connectivity index (χ1v) is 5.37. The molecule has 1 aromatic heterocycles. The van der Waals surface area contributed by atoms with Crippen LogP contribution in [0.25, 0.3) is 11.4 Å². The highest BCUT2D eigenvalue weighted by atomic mass is 79.9. The minimum Gasteiger partial charge on any atom is -0.326 e. The lowest BCUT2D eigenvalue weighted by molar-refractivity contribution is 0.992. The first-order valence-electron chi connectivity index (χ1n) is 4.58. The molecule has 15 heavy (non-hydrogen) atoms. The van der Waals surface area contributed by atoms with Gasteiger partial charge in [-0.15, -0.1) is 0 Å². The molecule has 1 aromatic carbocycles. The normalized spacial score (nSPS) is 10.3. The number of aromatic nitrogens is 2. The topological polar surface area (TPSA) is 51.8 Å². The van der Waals surface area contributed by atoms with E-state index < -0.39 is 0 Å². The Labute approximate surface area is 96.5 Å². The fourth-order valence-electron chi connectivity index (χ4n) is 1.25. The summed E-state index contributed by atoms with van der Waals surface area (Å²) in [6.45, 7) is 0.440. The van der Waals surface area contributed by atoms with Gasteiger partial charge in [-0.1, -0.05) is 30.3 Å². The van der Waals surface area contributed by atoms with Gasteiger partial charge in [-0.25, -0.2) is 9.97 Å². The first kappa shape index (κ1) is 10.3. The van der Waals surface area contributed by atoms with Crippen molar-refractivity contribution in [3.63, 3.8) is 0 Å². The summed E-state index contributed by atoms with van der Waals surface area (Å²) in [5.41, 5.74) is 7.44. The molecule has 2 aromatic rings. The second-order valence-electron chi connectivity index (χ2n) is 3.08. The van der Waals surface area contributed by atoms with Gasteiger partial charge in [-0.2, -0.15) is 0 Å². The SMILES string of the molecule is NCc1cnc(-c2ccccc2)nc1Br. The van der Waals surface area contributed by atoms with Crippen molar-refractivity contribution < 1.29 is 0 Å². The summed E-state index contributed by atoms with van der Waals surface area (Å²) < 4.78 is 0.763. The predicted molar refractivity (Wildman–Crippen MR) is 63.1 cm³/mol. The van der Waals surface area contributed by atoms with Crippen LogP contribution in [0.5, 0.6) is 0 Å². The van der Waals surface area contributed by atoms with Crippen molar-refractivity contribution in [2.75, 3.05) is 0 Å². The van der Waals surface area contributed by atoms with Crippen molar-refractivity contribution >= 4 is 15.9 Å². The number of hydrogen-bond donors (Lipinski definition) is 1. The minimum atomic E-state index is 0.440. The summed E-state index contributed by atoms with van der Waals surface area (Å²) in [5, 5.41) is 0. The predicted octanol–water partition coefficient (Wildman–Crippen LogP) is 2.36. The summed E-state index contributed by atoms with van der Waals surface area (Å²) >= 11 is 3.37. The molecule has 0 bridgehead atoms. The summed E-state index contributed by atoms with van der Waals surface area (Å²) in [5.74, 6) is 0.708. The number of benzene rings is 1. The van der Waals surface area contributed by atoms with E-state index in [9.17, 15) is 0 Å². The number of halogens is 1. The van der Waals surface area contributed by atoms with E-state index in [1.165, 1.54) is 0 Å². The fourth-order valence-corrected chi connectivity index (χ4v) is 1.68. The average Bonchev–Trinajstić information content (AvgIpc) is 2.30. The lowest BCUT2D eigenvalue weighted by Gasteiger charge is -2.03. The van der Waals surface area contributed by atoms with E-state index in [4.69, 9.17) is 5.73 Å². The first-order chi connectivity index (χ1) is 7.31. The zero-order chi connectivity index (χ0) is 10.7. The molecule has 76 valence electrons. The van der Waals surface area contributed by atoms with Crippen molar-refractivity contribution in [3.05, 3.63) is 46.7 Å². The molecule has 1 heterocycles. The van der Waals surface area contributed by atoms with Gasteiger partial charge in [-0.05, 0) is 15.9 Å². The molecule has 0 aliphatic rings. The van der Waals surface area contributed by atoms with Gasteiger partial charge in [0.2, 0.25) is 0 Å². The van der Waals surface area contributed by atoms with Crippen LogP contribution in [-0.2, 0) is 6.54 Å². The number of hydrogen-bond acceptors (Lipinski definition) is 3. The van der Waals surface area contributed by atoms with Crippen LogP contribution < -0.4 is 5.73 Å². The molecule has 2 rings (SSSR count). The smallest absolute Gasteiger partial charge is 0.160 e. The number of nitrogens with zero attached hydrogens (tertiary/aromatic N) is 2. The van der Waals surface area contributed by atoms with Crippen LogP contribution in [-0.4, -0.2) is 9.97 Å². The standard InChI is InChI=1S/C11H10BrN3/c12-10-9(6-13)7-14-11(15-10)8-4-2-1-3-5-8/h1-5,7H,6,13H2. The highest BCUT2D eigenvalue weighted by Gasteiger charge is 2.04. The average molecular weight is 264 g/mol. The van der Waals surface area contributed by atoms with E-state index in [1.54, 1.807) is 6.20 Å². The Hall–Kier alpha value is -1.26. The summed E-state index contributed by atoms with van der Waals surface area (Å²) in [6.07, 6.45) is 1.75. The molecule has 0 aliphatic carbocycles. The number of nitrogens with two attached hydrogens (primary N) is 1. The van der Waals surface area contributed by atoms with E-state index in [0.29, 0.717) is 12.4 Å². The minimum absolute atomic E-state index is 0.440. The zero-order valence-corrected chi connectivity index (χ0v) is 9.61. The van der Waals surface area contributed by atoms with Gasteiger partial charge in [0.1, 0.15) is 4.60 Å². The highest BCUT2D eigenvalue weighted by molar-refractivity contribution is 9.10. The Morgan fingerprint density at radius 3 is 2.53 bits per heavy atom. The summed E-state index contributed by atoms with van der Waals surface area (Å²) in [4.78, 5) is 8.60. The molecule has 0 aliphatic heterocycles. The monoisotopic (exact) mass is 263 g/mol. The molecular weight excluding hydrogens is 254 g/mol. The van der Waals surface area contributed by atoms with E-state index >= 15 is 0 Å². The molecule has 0 amide bonds. The molecule has 0 spiro atoms. The Balaban J connectivity index is 2.43. The Bertz CT molecular complexity index is 457. The summed E-state index contributed by atoms with van der Waals surface area (Å²) in [6, 6.07) is 9.84. The van der Waals surface area contributed by atoms with Crippen LogP contribution in [0.1, 0.15) is 5.56 Å². The van der Waals surface area contributed by atoms with Crippen LogP contribution >= 0.6 is 15.9 Å². The largest absolute Gasteiger partial charge is 0.326 e. The third-order valence-electron chi connectivity index (χ3n) is 2.06. The van der Waals surface area contributed by atoms with Crippen LogP contribution in [0, 0.1) is 0 Å². The third kappa shape index (κ3) is 2.22. The third-order valence-corrected chi connectivity index (χ3v) is 2.75. The highest BCUT2D eigenvalue weighted by Crippen LogP contribution is 2.18. The van der Waals surface area contributed by atoms with Crippen molar-refractivity contribution in [2.45, 2.75) is 6.54 Å². The van der Waals surface area contributed by atoms with Crippen molar-refractivity contribution in [2.24, 2.45) is 5.73 Å². The van der Waals surface area contributed by atoms with Gasteiger partial charge in [0, 0.05) is 23.9 Å². The van der Waals surface area contributed by atoms with Crippen LogP contribution in [0.15, 0.2) is 41.1 Å². The maximum Gasteiger partial charge on any atom is 0.160 e. The van der Waals surface area contributed by atoms with Crippen LogP contribution in [0.4, 0.5) is 0 Å². The lowest BCUT2D eigenvalue weighted by Crippen LogP contribution is -2.01. The molecule has 0 fully saturated rings.